The number of aromatic nitrogens is 1. The molecule has 0 aliphatic rings. The number of benzene rings is 1. The van der Waals surface area contributed by atoms with Crippen molar-refractivity contribution in [1.82, 2.24) is 4.98 Å². The highest BCUT2D eigenvalue weighted by molar-refractivity contribution is 9.10. The van der Waals surface area contributed by atoms with Gasteiger partial charge in [-0.3, -0.25) is 0 Å². The van der Waals surface area contributed by atoms with Gasteiger partial charge in [0.05, 0.1) is 0 Å². The molecule has 0 atom stereocenters. The average molecular weight is 252 g/mol. The van der Waals surface area contributed by atoms with Crippen LogP contribution in [0.5, 0.6) is 0 Å². The highest BCUT2D eigenvalue weighted by atomic mass is 79.9. The molecule has 0 bridgehead atoms. The third-order valence-corrected chi connectivity index (χ3v) is 2.42. The van der Waals surface area contributed by atoms with Gasteiger partial charge in [-0.15, -0.1) is 0 Å². The molecule has 0 amide bonds. The lowest BCUT2D eigenvalue weighted by molar-refractivity contribution is 0.0693. The van der Waals surface area contributed by atoms with E-state index in [4.69, 9.17) is 5.11 Å². The Bertz CT molecular complexity index is 510. The number of halogens is 1. The summed E-state index contributed by atoms with van der Waals surface area (Å²) in [6, 6.07) is 7.27. The van der Waals surface area contributed by atoms with Gasteiger partial charge < -0.3 is 5.11 Å². The van der Waals surface area contributed by atoms with Crippen molar-refractivity contribution in [2.24, 2.45) is 0 Å². The third-order valence-electron chi connectivity index (χ3n) is 1.93. The first-order valence-corrected chi connectivity index (χ1v) is 4.75. The van der Waals surface area contributed by atoms with Gasteiger partial charge in [-0.2, -0.15) is 0 Å². The summed E-state index contributed by atoms with van der Waals surface area (Å²) >= 11 is 3.29. The normalized spacial score (nSPS) is 10.4. The molecule has 4 heteroatoms. The number of carbonyl (C=O) groups is 1. The lowest BCUT2D eigenvalue weighted by atomic mass is 10.1. The minimum absolute atomic E-state index is 0.0869. The largest absolute Gasteiger partial charge is 0.476 e. The Morgan fingerprint density at radius 2 is 2.14 bits per heavy atom. The molecule has 3 nitrogen and oxygen atoms in total. The van der Waals surface area contributed by atoms with E-state index in [2.05, 4.69) is 20.9 Å². The van der Waals surface area contributed by atoms with Gasteiger partial charge in [0.1, 0.15) is 0 Å². The van der Waals surface area contributed by atoms with E-state index >= 15 is 0 Å². The van der Waals surface area contributed by atoms with Crippen LogP contribution in [-0.2, 0) is 0 Å². The van der Waals surface area contributed by atoms with Crippen molar-refractivity contribution in [1.29, 1.82) is 0 Å². The minimum Gasteiger partial charge on any atom is -0.476 e. The van der Waals surface area contributed by atoms with Gasteiger partial charge in [0.2, 0.25) is 0 Å². The Balaban J connectivity index is 2.84. The summed E-state index contributed by atoms with van der Waals surface area (Å²) in [7, 11) is 0. The average Bonchev–Trinajstić information content (AvgIpc) is 2.16. The molecule has 0 radical (unpaired) electrons. The standard InChI is InChI=1S/C10H6BrNO2/c11-7-2-1-6-3-4-12-9(10(13)14)8(6)5-7/h1-5H,(H,13,14). The molecule has 1 aromatic carbocycles. The first-order chi connectivity index (χ1) is 6.68. The van der Waals surface area contributed by atoms with Crippen molar-refractivity contribution in [2.75, 3.05) is 0 Å². The summed E-state index contributed by atoms with van der Waals surface area (Å²) in [5, 5.41) is 10.4. The van der Waals surface area contributed by atoms with Crippen molar-refractivity contribution < 1.29 is 9.90 Å². The van der Waals surface area contributed by atoms with E-state index in [1.807, 2.05) is 12.1 Å². The van der Waals surface area contributed by atoms with E-state index in [0.29, 0.717) is 5.39 Å². The second-order valence-electron chi connectivity index (χ2n) is 2.83. The number of carboxylic acid groups (broad SMARTS) is 1. The number of hydrogen-bond acceptors (Lipinski definition) is 2. The number of rotatable bonds is 1. The summed E-state index contributed by atoms with van der Waals surface area (Å²) < 4.78 is 0.848. The summed E-state index contributed by atoms with van der Waals surface area (Å²) in [6.07, 6.45) is 1.50. The summed E-state index contributed by atoms with van der Waals surface area (Å²) in [5.41, 5.74) is 0.0869. The second kappa shape index (κ2) is 3.38. The van der Waals surface area contributed by atoms with Crippen LogP contribution in [-0.4, -0.2) is 16.1 Å². The van der Waals surface area contributed by atoms with Crippen LogP contribution < -0.4 is 0 Å². The van der Waals surface area contributed by atoms with E-state index in [1.54, 1.807) is 12.1 Å². The molecule has 70 valence electrons. The first kappa shape index (κ1) is 9.15. The van der Waals surface area contributed by atoms with Gasteiger partial charge in [0.25, 0.3) is 0 Å². The lowest BCUT2D eigenvalue weighted by Crippen LogP contribution is -2.00. The summed E-state index contributed by atoms with van der Waals surface area (Å²) in [5.74, 6) is -1.01. The molecule has 1 N–H and O–H groups in total. The zero-order valence-corrected chi connectivity index (χ0v) is 8.65. The number of aromatic carboxylic acids is 1. The molecule has 0 fully saturated rings. The van der Waals surface area contributed by atoms with E-state index in [9.17, 15) is 4.79 Å². The molecular weight excluding hydrogens is 246 g/mol. The van der Waals surface area contributed by atoms with Crippen molar-refractivity contribution in [3.8, 4) is 0 Å². The van der Waals surface area contributed by atoms with E-state index in [-0.39, 0.29) is 5.69 Å². The Labute approximate surface area is 88.5 Å². The molecule has 14 heavy (non-hydrogen) atoms. The highest BCUT2D eigenvalue weighted by Crippen LogP contribution is 2.21. The van der Waals surface area contributed by atoms with Crippen LogP contribution in [0.4, 0.5) is 0 Å². The topological polar surface area (TPSA) is 50.2 Å². The fraction of sp³-hybridized carbons (Fsp3) is 0. The van der Waals surface area contributed by atoms with Crippen LogP contribution in [0.25, 0.3) is 10.8 Å². The van der Waals surface area contributed by atoms with Crippen molar-refractivity contribution in [2.45, 2.75) is 0 Å². The lowest BCUT2D eigenvalue weighted by Gasteiger charge is -2.01. The first-order valence-electron chi connectivity index (χ1n) is 3.96. The number of carboxylic acids is 1. The smallest absolute Gasteiger partial charge is 0.355 e. The van der Waals surface area contributed by atoms with Gasteiger partial charge in [-0.25, -0.2) is 9.78 Å². The van der Waals surface area contributed by atoms with E-state index in [0.717, 1.165) is 9.86 Å². The van der Waals surface area contributed by atoms with Gasteiger partial charge in [-0.05, 0) is 23.6 Å². The SMILES string of the molecule is O=C(O)c1nccc2ccc(Br)cc12. The van der Waals surface area contributed by atoms with Gasteiger partial charge in [0, 0.05) is 16.1 Å². The monoisotopic (exact) mass is 251 g/mol. The maximum atomic E-state index is 10.8. The molecule has 2 rings (SSSR count). The quantitative estimate of drug-likeness (QED) is 0.848. The number of nitrogens with zero attached hydrogens (tertiary/aromatic N) is 1. The molecule has 0 saturated heterocycles. The summed E-state index contributed by atoms with van der Waals surface area (Å²) in [4.78, 5) is 14.7. The molecule has 0 aliphatic carbocycles. The fourth-order valence-corrected chi connectivity index (χ4v) is 1.67. The highest BCUT2D eigenvalue weighted by Gasteiger charge is 2.09. The molecule has 1 heterocycles. The van der Waals surface area contributed by atoms with Crippen molar-refractivity contribution in [3.63, 3.8) is 0 Å². The maximum absolute atomic E-state index is 10.8. The van der Waals surface area contributed by atoms with Gasteiger partial charge >= 0.3 is 5.97 Å². The van der Waals surface area contributed by atoms with Crippen LogP contribution in [0.15, 0.2) is 34.9 Å². The molecule has 0 spiro atoms. The summed E-state index contributed by atoms with van der Waals surface area (Å²) in [6.45, 7) is 0. The van der Waals surface area contributed by atoms with Gasteiger partial charge in [0.15, 0.2) is 5.69 Å². The van der Waals surface area contributed by atoms with E-state index < -0.39 is 5.97 Å². The van der Waals surface area contributed by atoms with Crippen molar-refractivity contribution >= 4 is 32.7 Å². The Hall–Kier alpha value is -1.42. The molecule has 0 saturated carbocycles. The third kappa shape index (κ3) is 1.48. The van der Waals surface area contributed by atoms with Crippen LogP contribution >= 0.6 is 15.9 Å². The van der Waals surface area contributed by atoms with Gasteiger partial charge in [-0.1, -0.05) is 22.0 Å². The minimum atomic E-state index is -1.01. The maximum Gasteiger partial charge on any atom is 0.355 e. The zero-order chi connectivity index (χ0) is 10.1. The van der Waals surface area contributed by atoms with Crippen molar-refractivity contribution in [3.05, 3.63) is 40.6 Å². The number of hydrogen-bond donors (Lipinski definition) is 1. The Kier molecular flexibility index (Phi) is 2.21. The van der Waals surface area contributed by atoms with Crippen LogP contribution in [0.2, 0.25) is 0 Å². The predicted molar refractivity (Wildman–Crippen MR) is 56.4 cm³/mol. The van der Waals surface area contributed by atoms with E-state index in [1.165, 1.54) is 6.20 Å². The fourth-order valence-electron chi connectivity index (χ4n) is 1.31. The van der Waals surface area contributed by atoms with Crippen LogP contribution in [0, 0.1) is 0 Å². The second-order valence-corrected chi connectivity index (χ2v) is 3.75. The Morgan fingerprint density at radius 1 is 1.36 bits per heavy atom. The van der Waals surface area contributed by atoms with Crippen LogP contribution in [0.1, 0.15) is 10.5 Å². The molecular formula is C10H6BrNO2. The predicted octanol–water partition coefficient (Wildman–Crippen LogP) is 2.70. The Morgan fingerprint density at radius 3 is 2.86 bits per heavy atom. The number of fused-ring (bicyclic) bond motifs is 1. The molecule has 1 aromatic heterocycles. The molecule has 0 aliphatic heterocycles. The molecule has 2 aromatic rings. The van der Waals surface area contributed by atoms with Crippen LogP contribution in [0.3, 0.4) is 0 Å². The number of pyridine rings is 1. The zero-order valence-electron chi connectivity index (χ0n) is 7.07. The molecule has 0 unspecified atom stereocenters.